The molecule has 0 aliphatic heterocycles. The van der Waals surface area contributed by atoms with Crippen LogP contribution >= 0.6 is 0 Å². The highest BCUT2D eigenvalue weighted by Gasteiger charge is 1.97. The lowest BCUT2D eigenvalue weighted by molar-refractivity contribution is -0.671. The summed E-state index contributed by atoms with van der Waals surface area (Å²) in [5.41, 5.74) is 2.84. The average molecular weight is 410 g/mol. The van der Waals surface area contributed by atoms with Crippen molar-refractivity contribution in [3.63, 3.8) is 0 Å². The van der Waals surface area contributed by atoms with Gasteiger partial charge in [-0.1, -0.05) is 127 Å². The minimum absolute atomic E-state index is 0. The molecule has 0 fully saturated rings. The third-order valence-corrected chi connectivity index (χ3v) is 5.72. The molecule has 0 radical (unpaired) electrons. The molecule has 0 unspecified atom stereocenters. The first-order chi connectivity index (χ1) is 13.3. The molecule has 0 saturated carbocycles. The van der Waals surface area contributed by atoms with Crippen LogP contribution < -0.4 is 17.7 Å². The predicted molar refractivity (Wildman–Crippen MR) is 121 cm³/mol. The highest BCUT2D eigenvalue weighted by molar-refractivity contribution is 5.21. The van der Waals surface area contributed by atoms with E-state index >= 15 is 0 Å². The molecule has 0 spiro atoms. The quantitative estimate of drug-likeness (QED) is 0.327. The average Bonchev–Trinajstić information content (AvgIpc) is 2.67. The number of benzene rings is 1. The normalized spacial score (nSPS) is 10.8. The van der Waals surface area contributed by atoms with Gasteiger partial charge in [0.05, 0.1) is 6.54 Å². The van der Waals surface area contributed by atoms with Crippen LogP contribution in [-0.4, -0.2) is 6.54 Å². The highest BCUT2D eigenvalue weighted by atomic mass is 35.5. The van der Waals surface area contributed by atoms with Gasteiger partial charge in [0.2, 0.25) is 0 Å². The summed E-state index contributed by atoms with van der Waals surface area (Å²) in [6.45, 7) is 6.90. The van der Waals surface area contributed by atoms with Gasteiger partial charge in [0.25, 0.3) is 0 Å². The molecule has 1 rings (SSSR count). The van der Waals surface area contributed by atoms with Crippen LogP contribution in [0.1, 0.15) is 121 Å². The van der Waals surface area contributed by atoms with E-state index in [0.717, 1.165) is 6.54 Å². The maximum atomic E-state index is 2.47. The molecule has 0 saturated heterocycles. The summed E-state index contributed by atoms with van der Waals surface area (Å²) in [6, 6.07) is 8.91. The molecule has 0 aliphatic rings. The molecule has 0 aromatic heterocycles. The van der Waals surface area contributed by atoms with Gasteiger partial charge >= 0.3 is 0 Å². The second-order valence-electron chi connectivity index (χ2n) is 8.57. The third kappa shape index (κ3) is 17.6. The Labute approximate surface area is 182 Å². The second kappa shape index (κ2) is 21.2. The van der Waals surface area contributed by atoms with Crippen molar-refractivity contribution in [1.82, 2.24) is 0 Å². The van der Waals surface area contributed by atoms with E-state index < -0.39 is 0 Å². The lowest BCUT2D eigenvalue weighted by atomic mass is 10.0. The maximum absolute atomic E-state index is 2.47. The van der Waals surface area contributed by atoms with Crippen molar-refractivity contribution in [3.8, 4) is 0 Å². The van der Waals surface area contributed by atoms with Gasteiger partial charge in [0.1, 0.15) is 6.54 Å². The van der Waals surface area contributed by atoms with Gasteiger partial charge < -0.3 is 17.7 Å². The van der Waals surface area contributed by atoms with E-state index in [1.165, 1.54) is 120 Å². The van der Waals surface area contributed by atoms with E-state index in [1.807, 2.05) is 0 Å². The molecule has 0 bridgehead atoms. The van der Waals surface area contributed by atoms with Crippen molar-refractivity contribution in [2.75, 3.05) is 6.54 Å². The van der Waals surface area contributed by atoms with Gasteiger partial charge in [0, 0.05) is 5.56 Å². The Kier molecular flexibility index (Phi) is 20.8. The molecule has 2 N–H and O–H groups in total. The zero-order valence-electron chi connectivity index (χ0n) is 19.0. The zero-order chi connectivity index (χ0) is 19.4. The fraction of sp³-hybridized carbons (Fsp3) is 0.769. The Hall–Kier alpha value is -0.530. The summed E-state index contributed by atoms with van der Waals surface area (Å²) < 4.78 is 0. The number of quaternary nitrogens is 1. The molecular formula is C26H48ClN. The lowest BCUT2D eigenvalue weighted by Gasteiger charge is -2.04. The SMILES string of the molecule is CCCCCCCCCCCCCCCCCC[NH2+]Cc1cccc(C)c1.[Cl-]. The lowest BCUT2D eigenvalue weighted by Crippen LogP contribution is -3.00. The standard InChI is InChI=1S/C26H47N.ClH/c1-3-4-5-6-7-8-9-10-11-12-13-14-15-16-17-18-22-27-24-26-21-19-20-25(2)23-26;/h19-21,23,27H,3-18,22,24H2,1-2H3;1H. The molecule has 1 nitrogen and oxygen atoms in total. The van der Waals surface area contributed by atoms with E-state index in [0.29, 0.717) is 0 Å². The summed E-state index contributed by atoms with van der Waals surface area (Å²) >= 11 is 0. The van der Waals surface area contributed by atoms with Crippen LogP contribution in [0.25, 0.3) is 0 Å². The van der Waals surface area contributed by atoms with Crippen molar-refractivity contribution in [1.29, 1.82) is 0 Å². The van der Waals surface area contributed by atoms with E-state index in [9.17, 15) is 0 Å². The van der Waals surface area contributed by atoms with E-state index in [4.69, 9.17) is 0 Å². The molecule has 28 heavy (non-hydrogen) atoms. The van der Waals surface area contributed by atoms with Crippen LogP contribution in [0.2, 0.25) is 0 Å². The van der Waals surface area contributed by atoms with Crippen molar-refractivity contribution in [2.24, 2.45) is 0 Å². The number of halogens is 1. The van der Waals surface area contributed by atoms with Crippen LogP contribution in [0.3, 0.4) is 0 Å². The van der Waals surface area contributed by atoms with E-state index in [1.54, 1.807) is 0 Å². The fourth-order valence-corrected chi connectivity index (χ4v) is 3.94. The largest absolute Gasteiger partial charge is 1.00 e. The Morgan fingerprint density at radius 1 is 0.643 bits per heavy atom. The monoisotopic (exact) mass is 409 g/mol. The van der Waals surface area contributed by atoms with Crippen molar-refractivity contribution < 1.29 is 17.7 Å². The summed E-state index contributed by atoms with van der Waals surface area (Å²) in [5.74, 6) is 0. The van der Waals surface area contributed by atoms with Gasteiger partial charge in [0.15, 0.2) is 0 Å². The van der Waals surface area contributed by atoms with Crippen LogP contribution in [0.5, 0.6) is 0 Å². The van der Waals surface area contributed by atoms with E-state index in [-0.39, 0.29) is 12.4 Å². The van der Waals surface area contributed by atoms with Gasteiger partial charge in [-0.05, 0) is 19.8 Å². The number of nitrogens with two attached hydrogens (primary N) is 1. The third-order valence-electron chi connectivity index (χ3n) is 5.72. The Morgan fingerprint density at radius 3 is 1.57 bits per heavy atom. The first-order valence-corrected chi connectivity index (χ1v) is 12.2. The molecule has 1 aromatic carbocycles. The highest BCUT2D eigenvalue weighted by Crippen LogP contribution is 2.13. The van der Waals surface area contributed by atoms with Gasteiger partial charge in [-0.2, -0.15) is 0 Å². The van der Waals surface area contributed by atoms with Crippen LogP contribution in [0, 0.1) is 6.92 Å². The fourth-order valence-electron chi connectivity index (χ4n) is 3.94. The summed E-state index contributed by atoms with van der Waals surface area (Å²) in [6.07, 6.45) is 23.2. The van der Waals surface area contributed by atoms with Crippen molar-refractivity contribution in [3.05, 3.63) is 35.4 Å². The van der Waals surface area contributed by atoms with Crippen molar-refractivity contribution >= 4 is 0 Å². The van der Waals surface area contributed by atoms with Crippen LogP contribution in [-0.2, 0) is 6.54 Å². The number of hydrogen-bond donors (Lipinski definition) is 1. The molecule has 1 aromatic rings. The molecule has 0 heterocycles. The minimum Gasteiger partial charge on any atom is -1.00 e. The summed E-state index contributed by atoms with van der Waals surface area (Å²) in [7, 11) is 0. The molecule has 164 valence electrons. The smallest absolute Gasteiger partial charge is 0.101 e. The first-order valence-electron chi connectivity index (χ1n) is 12.2. The van der Waals surface area contributed by atoms with Crippen LogP contribution in [0.15, 0.2) is 24.3 Å². The number of hydrogen-bond acceptors (Lipinski definition) is 0. The molecular weight excluding hydrogens is 362 g/mol. The Morgan fingerprint density at radius 2 is 1.11 bits per heavy atom. The summed E-state index contributed by atoms with van der Waals surface area (Å²) in [4.78, 5) is 0. The number of rotatable bonds is 19. The first kappa shape index (κ1) is 27.5. The van der Waals surface area contributed by atoms with Gasteiger partial charge in [-0.3, -0.25) is 0 Å². The van der Waals surface area contributed by atoms with Gasteiger partial charge in [-0.15, -0.1) is 0 Å². The molecule has 2 heteroatoms. The van der Waals surface area contributed by atoms with Crippen LogP contribution in [0.4, 0.5) is 0 Å². The molecule has 0 amide bonds. The topological polar surface area (TPSA) is 16.6 Å². The Bertz CT molecular complexity index is 432. The molecule has 0 aliphatic carbocycles. The second-order valence-corrected chi connectivity index (χ2v) is 8.57. The van der Waals surface area contributed by atoms with Crippen molar-refractivity contribution in [2.45, 2.75) is 123 Å². The van der Waals surface area contributed by atoms with Gasteiger partial charge in [-0.25, -0.2) is 0 Å². The summed E-state index contributed by atoms with van der Waals surface area (Å²) in [5, 5.41) is 2.47. The van der Waals surface area contributed by atoms with E-state index in [2.05, 4.69) is 43.4 Å². The number of unbranched alkanes of at least 4 members (excludes halogenated alkanes) is 15. The Balaban J connectivity index is 0.00000729. The number of aryl methyl sites for hydroxylation is 1. The zero-order valence-corrected chi connectivity index (χ0v) is 19.7. The predicted octanol–water partition coefficient (Wildman–Crippen LogP) is 4.32. The molecule has 0 atom stereocenters. The minimum atomic E-state index is 0. The maximum Gasteiger partial charge on any atom is 0.101 e.